The van der Waals surface area contributed by atoms with E-state index in [0.29, 0.717) is 28.1 Å². The van der Waals surface area contributed by atoms with Gasteiger partial charge in [-0.1, -0.05) is 35.5 Å². The molecule has 0 unspecified atom stereocenters. The first-order valence-electron chi connectivity index (χ1n) is 8.24. The molecular formula is C19H18ClFN4OS. The first kappa shape index (κ1) is 19.4. The van der Waals surface area contributed by atoms with Crippen molar-refractivity contribution in [2.75, 3.05) is 5.75 Å². The van der Waals surface area contributed by atoms with Gasteiger partial charge in [0.2, 0.25) is 5.91 Å². The number of rotatable bonds is 6. The molecule has 1 N–H and O–H groups in total. The number of nitrogens with one attached hydrogen (secondary N) is 1. The van der Waals surface area contributed by atoms with E-state index in [1.807, 2.05) is 23.7 Å². The fraction of sp³-hybridized carbons (Fsp3) is 0.211. The normalized spacial score (nSPS) is 10.8. The quantitative estimate of drug-likeness (QED) is 0.631. The number of nitrogens with zero attached hydrogens (tertiary/aromatic N) is 3. The van der Waals surface area contributed by atoms with Gasteiger partial charge < -0.3 is 9.88 Å². The molecule has 1 amide bonds. The zero-order valence-corrected chi connectivity index (χ0v) is 16.4. The predicted molar refractivity (Wildman–Crippen MR) is 105 cm³/mol. The number of carbonyl (C=O) groups excluding carboxylic acids is 1. The van der Waals surface area contributed by atoms with Crippen LogP contribution in [0, 0.1) is 12.7 Å². The molecule has 0 aliphatic rings. The number of aromatic nitrogens is 3. The highest BCUT2D eigenvalue weighted by Gasteiger charge is 2.13. The Labute approximate surface area is 166 Å². The third kappa shape index (κ3) is 4.87. The van der Waals surface area contributed by atoms with Crippen molar-refractivity contribution in [3.8, 4) is 11.4 Å². The fourth-order valence-electron chi connectivity index (χ4n) is 2.49. The van der Waals surface area contributed by atoms with E-state index in [9.17, 15) is 9.18 Å². The maximum absolute atomic E-state index is 13.3. The van der Waals surface area contributed by atoms with Crippen LogP contribution in [-0.2, 0) is 18.4 Å². The standard InChI is InChI=1S/C19H18ClFN4OS/c1-12-9-13(3-8-16(12)21)10-22-17(26)11-27-19-24-23-18(25(19)2)14-4-6-15(20)7-5-14/h3-9H,10-11H2,1-2H3,(H,22,26). The van der Waals surface area contributed by atoms with Crippen LogP contribution in [-0.4, -0.2) is 26.4 Å². The zero-order chi connectivity index (χ0) is 19.4. The second kappa shape index (κ2) is 8.54. The summed E-state index contributed by atoms with van der Waals surface area (Å²) in [6.07, 6.45) is 0. The predicted octanol–water partition coefficient (Wildman–Crippen LogP) is 3.99. The van der Waals surface area contributed by atoms with Crippen LogP contribution < -0.4 is 5.32 Å². The van der Waals surface area contributed by atoms with Crippen molar-refractivity contribution in [2.24, 2.45) is 7.05 Å². The Bertz CT molecular complexity index is 959. The summed E-state index contributed by atoms with van der Waals surface area (Å²) in [4.78, 5) is 12.1. The van der Waals surface area contributed by atoms with Gasteiger partial charge in [0.15, 0.2) is 11.0 Å². The second-order valence-corrected chi connectivity index (χ2v) is 7.40. The van der Waals surface area contributed by atoms with Crippen molar-refractivity contribution in [3.05, 3.63) is 64.4 Å². The monoisotopic (exact) mass is 404 g/mol. The highest BCUT2D eigenvalue weighted by Crippen LogP contribution is 2.23. The Balaban J connectivity index is 1.56. The molecule has 1 heterocycles. The van der Waals surface area contributed by atoms with Crippen molar-refractivity contribution in [1.29, 1.82) is 0 Å². The molecule has 8 heteroatoms. The zero-order valence-electron chi connectivity index (χ0n) is 14.9. The number of carbonyl (C=O) groups is 1. The van der Waals surface area contributed by atoms with Gasteiger partial charge in [-0.3, -0.25) is 4.79 Å². The number of hydrogen-bond donors (Lipinski definition) is 1. The lowest BCUT2D eigenvalue weighted by Gasteiger charge is -2.07. The summed E-state index contributed by atoms with van der Waals surface area (Å²) in [5, 5.41) is 12.5. The highest BCUT2D eigenvalue weighted by atomic mass is 35.5. The number of hydrogen-bond acceptors (Lipinski definition) is 4. The Kier molecular flexibility index (Phi) is 6.13. The summed E-state index contributed by atoms with van der Waals surface area (Å²) in [5.41, 5.74) is 2.32. The minimum absolute atomic E-state index is 0.127. The topological polar surface area (TPSA) is 59.8 Å². The lowest BCUT2D eigenvalue weighted by molar-refractivity contribution is -0.118. The first-order valence-corrected chi connectivity index (χ1v) is 9.60. The minimum Gasteiger partial charge on any atom is -0.351 e. The van der Waals surface area contributed by atoms with Gasteiger partial charge in [0, 0.05) is 24.2 Å². The molecule has 0 radical (unpaired) electrons. The lowest BCUT2D eigenvalue weighted by Crippen LogP contribution is -2.24. The Hall–Kier alpha value is -2.38. The average molecular weight is 405 g/mol. The summed E-state index contributed by atoms with van der Waals surface area (Å²) in [7, 11) is 1.85. The van der Waals surface area contributed by atoms with Gasteiger partial charge in [0.1, 0.15) is 5.82 Å². The van der Waals surface area contributed by atoms with Crippen LogP contribution in [0.1, 0.15) is 11.1 Å². The smallest absolute Gasteiger partial charge is 0.230 e. The maximum atomic E-state index is 13.3. The summed E-state index contributed by atoms with van der Waals surface area (Å²) in [6.45, 7) is 2.05. The van der Waals surface area contributed by atoms with Crippen LogP contribution in [0.15, 0.2) is 47.6 Å². The van der Waals surface area contributed by atoms with Crippen LogP contribution in [0.4, 0.5) is 4.39 Å². The lowest BCUT2D eigenvalue weighted by atomic mass is 10.1. The fourth-order valence-corrected chi connectivity index (χ4v) is 3.36. The third-order valence-electron chi connectivity index (χ3n) is 3.98. The van der Waals surface area contributed by atoms with Crippen LogP contribution in [0.25, 0.3) is 11.4 Å². The molecule has 0 bridgehead atoms. The molecule has 1 aromatic heterocycles. The number of benzene rings is 2. The maximum Gasteiger partial charge on any atom is 0.230 e. The van der Waals surface area contributed by atoms with Gasteiger partial charge >= 0.3 is 0 Å². The molecule has 0 saturated heterocycles. The van der Waals surface area contributed by atoms with Crippen LogP contribution in [0.3, 0.4) is 0 Å². The van der Waals surface area contributed by atoms with Crippen molar-refractivity contribution >= 4 is 29.3 Å². The van der Waals surface area contributed by atoms with E-state index >= 15 is 0 Å². The van der Waals surface area contributed by atoms with Crippen molar-refractivity contribution in [3.63, 3.8) is 0 Å². The Morgan fingerprint density at radius 1 is 1.22 bits per heavy atom. The number of halogens is 2. The molecule has 3 rings (SSSR count). The molecule has 5 nitrogen and oxygen atoms in total. The summed E-state index contributed by atoms with van der Waals surface area (Å²) in [5.74, 6) is 0.543. The average Bonchev–Trinajstić information content (AvgIpc) is 3.02. The molecule has 0 saturated carbocycles. The molecular weight excluding hydrogens is 387 g/mol. The molecule has 140 valence electrons. The van der Waals surface area contributed by atoms with Crippen molar-refractivity contribution in [1.82, 2.24) is 20.1 Å². The molecule has 0 aliphatic carbocycles. The summed E-state index contributed by atoms with van der Waals surface area (Å²) in [6, 6.07) is 12.1. The van der Waals surface area contributed by atoms with Crippen molar-refractivity contribution in [2.45, 2.75) is 18.6 Å². The van der Waals surface area contributed by atoms with E-state index in [1.54, 1.807) is 31.2 Å². The first-order chi connectivity index (χ1) is 12.9. The minimum atomic E-state index is -0.251. The van der Waals surface area contributed by atoms with Gasteiger partial charge in [0.25, 0.3) is 0 Å². The van der Waals surface area contributed by atoms with Gasteiger partial charge in [-0.05, 0) is 48.4 Å². The van der Waals surface area contributed by atoms with Gasteiger partial charge in [-0.2, -0.15) is 0 Å². The molecule has 3 aromatic rings. The summed E-state index contributed by atoms with van der Waals surface area (Å²) >= 11 is 7.21. The molecule has 0 spiro atoms. The van der Waals surface area contributed by atoms with Crippen LogP contribution in [0.2, 0.25) is 5.02 Å². The van der Waals surface area contributed by atoms with E-state index in [-0.39, 0.29) is 17.5 Å². The molecule has 0 fully saturated rings. The Morgan fingerprint density at radius 3 is 2.67 bits per heavy atom. The SMILES string of the molecule is Cc1cc(CNC(=O)CSc2nnc(-c3ccc(Cl)cc3)n2C)ccc1F. The second-order valence-electron chi connectivity index (χ2n) is 6.02. The van der Waals surface area contributed by atoms with Gasteiger partial charge in [-0.15, -0.1) is 10.2 Å². The van der Waals surface area contributed by atoms with E-state index in [0.717, 1.165) is 11.1 Å². The Morgan fingerprint density at radius 2 is 1.96 bits per heavy atom. The van der Waals surface area contributed by atoms with Gasteiger partial charge in [-0.25, -0.2) is 4.39 Å². The number of amides is 1. The van der Waals surface area contributed by atoms with Crippen LogP contribution in [0.5, 0.6) is 0 Å². The van der Waals surface area contributed by atoms with Crippen LogP contribution >= 0.6 is 23.4 Å². The molecule has 27 heavy (non-hydrogen) atoms. The van der Waals surface area contributed by atoms with Gasteiger partial charge in [0.05, 0.1) is 5.75 Å². The van der Waals surface area contributed by atoms with E-state index < -0.39 is 0 Å². The summed E-state index contributed by atoms with van der Waals surface area (Å²) < 4.78 is 15.1. The number of aryl methyl sites for hydroxylation is 1. The molecule has 0 atom stereocenters. The number of thioether (sulfide) groups is 1. The van der Waals surface area contributed by atoms with E-state index in [1.165, 1.54) is 17.8 Å². The highest BCUT2D eigenvalue weighted by molar-refractivity contribution is 7.99. The van der Waals surface area contributed by atoms with E-state index in [2.05, 4.69) is 15.5 Å². The largest absolute Gasteiger partial charge is 0.351 e. The van der Waals surface area contributed by atoms with E-state index in [4.69, 9.17) is 11.6 Å². The molecule has 2 aromatic carbocycles. The van der Waals surface area contributed by atoms with Crippen molar-refractivity contribution < 1.29 is 9.18 Å². The molecule has 0 aliphatic heterocycles. The third-order valence-corrected chi connectivity index (χ3v) is 5.25.